The van der Waals surface area contributed by atoms with Gasteiger partial charge in [-0.15, -0.1) is 0 Å². The van der Waals surface area contributed by atoms with E-state index in [1.54, 1.807) is 6.20 Å². The third kappa shape index (κ3) is 3.41. The molecule has 3 aromatic heterocycles. The number of fused-ring (bicyclic) bond motifs is 2. The summed E-state index contributed by atoms with van der Waals surface area (Å²) >= 11 is 0. The first-order valence-electron chi connectivity index (χ1n) is 9.86. The predicted molar refractivity (Wildman–Crippen MR) is 120 cm³/mol. The van der Waals surface area contributed by atoms with Gasteiger partial charge in [-0.2, -0.15) is 9.97 Å². The zero-order valence-electron chi connectivity index (χ0n) is 16.7. The van der Waals surface area contributed by atoms with E-state index in [1.807, 2.05) is 71.6 Å². The molecule has 7 heteroatoms. The molecule has 5 aromatic rings. The van der Waals surface area contributed by atoms with Crippen LogP contribution in [0.3, 0.4) is 0 Å². The lowest BCUT2D eigenvalue weighted by Gasteiger charge is -2.12. The van der Waals surface area contributed by atoms with Crippen molar-refractivity contribution in [1.82, 2.24) is 24.5 Å². The van der Waals surface area contributed by atoms with Crippen LogP contribution in [0.5, 0.6) is 0 Å². The van der Waals surface area contributed by atoms with E-state index in [2.05, 4.69) is 34.4 Å². The molecule has 0 fully saturated rings. The molecule has 0 atom stereocenters. The fourth-order valence-corrected chi connectivity index (χ4v) is 3.38. The topological polar surface area (TPSA) is 80.5 Å². The van der Waals surface area contributed by atoms with Gasteiger partial charge in [0.05, 0.1) is 11.8 Å². The Balaban J connectivity index is 1.58. The van der Waals surface area contributed by atoms with Crippen LogP contribution in [0.25, 0.3) is 22.1 Å². The Morgan fingerprint density at radius 1 is 0.833 bits per heavy atom. The number of rotatable bonds is 5. The molecule has 5 rings (SSSR count). The SMILES string of the molecule is CC(C)n1cnc2c(Nc3ccccc3)nc(Nc3ccc4ncccc4c3)nc21. The van der Waals surface area contributed by atoms with E-state index in [-0.39, 0.29) is 6.04 Å². The van der Waals surface area contributed by atoms with Crippen LogP contribution in [-0.2, 0) is 0 Å². The third-order valence-electron chi connectivity index (χ3n) is 4.87. The molecular formula is C23H21N7. The molecule has 0 amide bonds. The zero-order chi connectivity index (χ0) is 20.5. The summed E-state index contributed by atoms with van der Waals surface area (Å²) < 4.78 is 2.04. The van der Waals surface area contributed by atoms with Crippen LogP contribution in [0.1, 0.15) is 19.9 Å². The van der Waals surface area contributed by atoms with Crippen molar-refractivity contribution in [2.24, 2.45) is 0 Å². The average molecular weight is 395 g/mol. The van der Waals surface area contributed by atoms with Gasteiger partial charge in [0, 0.05) is 29.0 Å². The van der Waals surface area contributed by atoms with Crippen molar-refractivity contribution in [3.05, 3.63) is 73.2 Å². The molecule has 0 bridgehead atoms. The number of hydrogen-bond acceptors (Lipinski definition) is 6. The Morgan fingerprint density at radius 3 is 2.53 bits per heavy atom. The Hall–Kier alpha value is -4.00. The molecule has 0 aliphatic rings. The molecule has 2 N–H and O–H groups in total. The highest BCUT2D eigenvalue weighted by Crippen LogP contribution is 2.27. The maximum absolute atomic E-state index is 4.76. The molecular weight excluding hydrogens is 374 g/mol. The smallest absolute Gasteiger partial charge is 0.231 e. The standard InChI is InChI=1S/C23H21N7/c1-15(2)30-14-25-20-21(26-17-8-4-3-5-9-17)28-23(29-22(20)30)27-18-10-11-19-16(13-18)7-6-12-24-19/h3-15H,1-2H3,(H2,26,27,28,29). The maximum Gasteiger partial charge on any atom is 0.231 e. The highest BCUT2D eigenvalue weighted by Gasteiger charge is 2.15. The molecule has 2 aromatic carbocycles. The van der Waals surface area contributed by atoms with Gasteiger partial charge in [-0.3, -0.25) is 4.98 Å². The molecule has 0 aliphatic heterocycles. The number of nitrogens with zero attached hydrogens (tertiary/aromatic N) is 5. The zero-order valence-corrected chi connectivity index (χ0v) is 16.7. The van der Waals surface area contributed by atoms with Crippen molar-refractivity contribution in [3.63, 3.8) is 0 Å². The fraction of sp³-hybridized carbons (Fsp3) is 0.130. The predicted octanol–water partition coefficient (Wildman–Crippen LogP) is 5.44. The number of aromatic nitrogens is 5. The molecule has 3 heterocycles. The van der Waals surface area contributed by atoms with Crippen LogP contribution < -0.4 is 10.6 Å². The normalized spacial score (nSPS) is 11.3. The fourth-order valence-electron chi connectivity index (χ4n) is 3.38. The van der Waals surface area contributed by atoms with Gasteiger partial charge in [-0.1, -0.05) is 24.3 Å². The number of imidazole rings is 1. The summed E-state index contributed by atoms with van der Waals surface area (Å²) in [6, 6.07) is 20.1. The number of anilines is 4. The van der Waals surface area contributed by atoms with E-state index in [9.17, 15) is 0 Å². The molecule has 0 saturated carbocycles. The second kappa shape index (κ2) is 7.44. The van der Waals surface area contributed by atoms with E-state index < -0.39 is 0 Å². The largest absolute Gasteiger partial charge is 0.338 e. The van der Waals surface area contributed by atoms with Gasteiger partial charge in [0.15, 0.2) is 17.0 Å². The number of para-hydroxylation sites is 1. The number of benzene rings is 2. The van der Waals surface area contributed by atoms with Crippen molar-refractivity contribution in [2.75, 3.05) is 10.6 Å². The van der Waals surface area contributed by atoms with E-state index >= 15 is 0 Å². The Morgan fingerprint density at radius 2 is 1.70 bits per heavy atom. The van der Waals surface area contributed by atoms with Crippen LogP contribution in [0, 0.1) is 0 Å². The molecule has 0 unspecified atom stereocenters. The number of nitrogens with one attached hydrogen (secondary N) is 2. The highest BCUT2D eigenvalue weighted by molar-refractivity contribution is 5.88. The van der Waals surface area contributed by atoms with Gasteiger partial charge in [0.2, 0.25) is 5.95 Å². The second-order valence-corrected chi connectivity index (χ2v) is 7.34. The second-order valence-electron chi connectivity index (χ2n) is 7.34. The van der Waals surface area contributed by atoms with Crippen LogP contribution in [-0.4, -0.2) is 24.5 Å². The van der Waals surface area contributed by atoms with Crippen LogP contribution >= 0.6 is 0 Å². The van der Waals surface area contributed by atoms with Crippen molar-refractivity contribution < 1.29 is 0 Å². The van der Waals surface area contributed by atoms with E-state index in [0.717, 1.165) is 33.4 Å². The quantitative estimate of drug-likeness (QED) is 0.412. The summed E-state index contributed by atoms with van der Waals surface area (Å²) in [4.78, 5) is 18.4. The van der Waals surface area contributed by atoms with Crippen LogP contribution in [0.2, 0.25) is 0 Å². The van der Waals surface area contributed by atoms with Gasteiger partial charge in [0.25, 0.3) is 0 Å². The molecule has 0 spiro atoms. The monoisotopic (exact) mass is 395 g/mol. The highest BCUT2D eigenvalue weighted by atomic mass is 15.2. The number of pyridine rings is 1. The lowest BCUT2D eigenvalue weighted by Crippen LogP contribution is -2.05. The van der Waals surface area contributed by atoms with Crippen molar-refractivity contribution in [3.8, 4) is 0 Å². The van der Waals surface area contributed by atoms with Gasteiger partial charge >= 0.3 is 0 Å². The van der Waals surface area contributed by atoms with E-state index in [1.165, 1.54) is 0 Å². The maximum atomic E-state index is 4.76. The summed E-state index contributed by atoms with van der Waals surface area (Å²) in [5.41, 5.74) is 4.31. The van der Waals surface area contributed by atoms with Gasteiger partial charge in [-0.25, -0.2) is 4.98 Å². The van der Waals surface area contributed by atoms with Crippen molar-refractivity contribution >= 4 is 45.2 Å². The molecule has 7 nitrogen and oxygen atoms in total. The Bertz CT molecular complexity index is 1330. The Labute approximate surface area is 173 Å². The first-order valence-corrected chi connectivity index (χ1v) is 9.86. The summed E-state index contributed by atoms with van der Waals surface area (Å²) in [5, 5.41) is 7.77. The average Bonchev–Trinajstić information content (AvgIpc) is 3.19. The van der Waals surface area contributed by atoms with Gasteiger partial charge in [0.1, 0.15) is 0 Å². The molecule has 0 saturated heterocycles. The van der Waals surface area contributed by atoms with Crippen LogP contribution in [0.4, 0.5) is 23.1 Å². The molecule has 148 valence electrons. The lowest BCUT2D eigenvalue weighted by atomic mass is 10.2. The number of hydrogen-bond donors (Lipinski definition) is 2. The van der Waals surface area contributed by atoms with Crippen LogP contribution in [0.15, 0.2) is 73.2 Å². The minimum Gasteiger partial charge on any atom is -0.338 e. The van der Waals surface area contributed by atoms with E-state index in [0.29, 0.717) is 11.8 Å². The summed E-state index contributed by atoms with van der Waals surface area (Å²) in [5.74, 6) is 1.17. The van der Waals surface area contributed by atoms with Gasteiger partial charge in [-0.05, 0) is 50.2 Å². The van der Waals surface area contributed by atoms with E-state index in [4.69, 9.17) is 9.97 Å². The summed E-state index contributed by atoms with van der Waals surface area (Å²) in [7, 11) is 0. The van der Waals surface area contributed by atoms with Crippen molar-refractivity contribution in [2.45, 2.75) is 19.9 Å². The first kappa shape index (κ1) is 18.1. The minimum absolute atomic E-state index is 0.231. The first-order chi connectivity index (χ1) is 14.7. The summed E-state index contributed by atoms with van der Waals surface area (Å²) in [6.07, 6.45) is 3.60. The Kier molecular flexibility index (Phi) is 4.48. The minimum atomic E-state index is 0.231. The summed E-state index contributed by atoms with van der Waals surface area (Å²) in [6.45, 7) is 4.22. The molecule has 0 aliphatic carbocycles. The third-order valence-corrected chi connectivity index (χ3v) is 4.87. The molecule has 0 radical (unpaired) electrons. The lowest BCUT2D eigenvalue weighted by molar-refractivity contribution is 0.613. The van der Waals surface area contributed by atoms with Gasteiger partial charge < -0.3 is 15.2 Å². The molecule has 30 heavy (non-hydrogen) atoms. The van der Waals surface area contributed by atoms with Crippen molar-refractivity contribution in [1.29, 1.82) is 0 Å².